The zero-order chi connectivity index (χ0) is 20.2. The summed E-state index contributed by atoms with van der Waals surface area (Å²) in [7, 11) is 3.20. The highest BCUT2D eigenvalue weighted by Gasteiger charge is 2.28. The number of fused-ring (bicyclic) bond motifs is 1. The lowest BCUT2D eigenvalue weighted by Gasteiger charge is -2.31. The number of ether oxygens (including phenoxy) is 2. The molecule has 1 fully saturated rings. The van der Waals surface area contributed by atoms with Gasteiger partial charge < -0.3 is 24.1 Å². The Labute approximate surface area is 169 Å². The molecule has 2 amide bonds. The fourth-order valence-corrected chi connectivity index (χ4v) is 3.71. The lowest BCUT2D eigenvalue weighted by atomic mass is 9.98. The number of aromatic nitrogens is 1. The Morgan fingerprint density at radius 2 is 2.03 bits per heavy atom. The number of nitrogens with zero attached hydrogens (tertiary/aromatic N) is 2. The summed E-state index contributed by atoms with van der Waals surface area (Å²) in [5.41, 5.74) is 2.60. The normalized spacial score (nSPS) is 16.6. The van der Waals surface area contributed by atoms with Gasteiger partial charge in [-0.05, 0) is 42.7 Å². The molecular weight excluding hydrogens is 370 g/mol. The number of hydrogen-bond acceptors (Lipinski definition) is 5. The van der Waals surface area contributed by atoms with Crippen LogP contribution in [0.2, 0.25) is 0 Å². The van der Waals surface area contributed by atoms with E-state index in [1.165, 1.54) is 0 Å². The second kappa shape index (κ2) is 8.43. The van der Waals surface area contributed by atoms with Crippen molar-refractivity contribution in [1.82, 2.24) is 15.2 Å². The van der Waals surface area contributed by atoms with Crippen LogP contribution in [0.25, 0.3) is 11.1 Å². The smallest absolute Gasteiger partial charge is 0.317 e. The van der Waals surface area contributed by atoms with E-state index in [1.54, 1.807) is 14.2 Å². The predicted molar refractivity (Wildman–Crippen MR) is 109 cm³/mol. The first-order chi connectivity index (χ1) is 14.2. The molecule has 0 spiro atoms. The van der Waals surface area contributed by atoms with Gasteiger partial charge in [-0.15, -0.1) is 0 Å². The van der Waals surface area contributed by atoms with Gasteiger partial charge in [-0.25, -0.2) is 9.78 Å². The van der Waals surface area contributed by atoms with Crippen molar-refractivity contribution >= 4 is 17.1 Å². The van der Waals surface area contributed by atoms with Gasteiger partial charge in [0.2, 0.25) is 0 Å². The van der Waals surface area contributed by atoms with Gasteiger partial charge in [0.25, 0.3) is 0 Å². The van der Waals surface area contributed by atoms with Crippen LogP contribution in [-0.4, -0.2) is 43.2 Å². The average molecular weight is 395 g/mol. The van der Waals surface area contributed by atoms with E-state index in [2.05, 4.69) is 10.3 Å². The zero-order valence-electron chi connectivity index (χ0n) is 16.7. The molecule has 3 aromatic rings. The molecule has 7 nitrogen and oxygen atoms in total. The summed E-state index contributed by atoms with van der Waals surface area (Å²) in [6.45, 7) is 1.75. The first-order valence-electron chi connectivity index (χ1n) is 9.77. The van der Waals surface area contributed by atoms with Gasteiger partial charge in [0.05, 0.1) is 20.1 Å². The average Bonchev–Trinajstić information content (AvgIpc) is 3.21. The molecule has 152 valence electrons. The van der Waals surface area contributed by atoms with E-state index in [0.29, 0.717) is 30.5 Å². The highest BCUT2D eigenvalue weighted by atomic mass is 16.5. The Morgan fingerprint density at radius 3 is 2.83 bits per heavy atom. The molecule has 1 unspecified atom stereocenters. The van der Waals surface area contributed by atoms with Crippen molar-refractivity contribution in [3.05, 3.63) is 53.9 Å². The highest BCUT2D eigenvalue weighted by Crippen LogP contribution is 2.29. The quantitative estimate of drug-likeness (QED) is 0.708. The molecule has 7 heteroatoms. The SMILES string of the molecule is COc1ccc(CNC(=O)N2CCCC(c3nc4ccccc4o3)C2)cc1OC. The summed E-state index contributed by atoms with van der Waals surface area (Å²) in [6.07, 6.45) is 1.89. The van der Waals surface area contributed by atoms with Crippen LogP contribution in [0.5, 0.6) is 11.5 Å². The van der Waals surface area contributed by atoms with Gasteiger partial charge in [-0.1, -0.05) is 18.2 Å². The molecule has 0 saturated carbocycles. The Bertz CT molecular complexity index is 968. The van der Waals surface area contributed by atoms with E-state index in [1.807, 2.05) is 47.4 Å². The van der Waals surface area contributed by atoms with Crippen LogP contribution in [0.3, 0.4) is 0 Å². The van der Waals surface area contributed by atoms with E-state index >= 15 is 0 Å². The number of likely N-dealkylation sites (tertiary alicyclic amines) is 1. The van der Waals surface area contributed by atoms with E-state index in [0.717, 1.165) is 36.0 Å². The fourth-order valence-electron chi connectivity index (χ4n) is 3.71. The molecule has 1 atom stereocenters. The van der Waals surface area contributed by atoms with Crippen LogP contribution in [0.4, 0.5) is 4.79 Å². The number of piperidine rings is 1. The molecular formula is C22H25N3O4. The number of amides is 2. The molecule has 0 bridgehead atoms. The van der Waals surface area contributed by atoms with Crippen molar-refractivity contribution in [2.45, 2.75) is 25.3 Å². The van der Waals surface area contributed by atoms with Gasteiger partial charge in [0, 0.05) is 19.6 Å². The molecule has 1 aliphatic rings. The summed E-state index contributed by atoms with van der Waals surface area (Å²) in [5.74, 6) is 2.14. The van der Waals surface area contributed by atoms with Gasteiger partial charge >= 0.3 is 6.03 Å². The standard InChI is InChI=1S/C22H25N3O4/c1-27-19-10-9-15(12-20(19)28-2)13-23-22(26)25-11-5-6-16(14-25)21-24-17-7-3-4-8-18(17)29-21/h3-4,7-10,12,16H,5-6,11,13-14H2,1-2H3,(H,23,26). The fraction of sp³-hybridized carbons (Fsp3) is 0.364. The molecule has 1 N–H and O–H groups in total. The maximum absolute atomic E-state index is 12.7. The number of carbonyl (C=O) groups excluding carboxylic acids is 1. The van der Waals surface area contributed by atoms with Crippen molar-refractivity contribution < 1.29 is 18.7 Å². The van der Waals surface area contributed by atoms with Crippen molar-refractivity contribution in [3.63, 3.8) is 0 Å². The molecule has 1 aromatic heterocycles. The summed E-state index contributed by atoms with van der Waals surface area (Å²) in [6, 6.07) is 13.3. The molecule has 2 aromatic carbocycles. The van der Waals surface area contributed by atoms with E-state index in [9.17, 15) is 4.79 Å². The minimum Gasteiger partial charge on any atom is -0.493 e. The Kier molecular flexibility index (Phi) is 5.55. The third-order valence-electron chi connectivity index (χ3n) is 5.26. The topological polar surface area (TPSA) is 76.8 Å². The maximum atomic E-state index is 12.7. The molecule has 0 aliphatic carbocycles. The zero-order valence-corrected chi connectivity index (χ0v) is 16.7. The number of methoxy groups -OCH3 is 2. The van der Waals surface area contributed by atoms with E-state index in [4.69, 9.17) is 13.9 Å². The van der Waals surface area contributed by atoms with Gasteiger partial charge in [0.15, 0.2) is 23.0 Å². The van der Waals surface area contributed by atoms with Gasteiger partial charge in [0.1, 0.15) is 5.52 Å². The third-order valence-corrected chi connectivity index (χ3v) is 5.26. The molecule has 29 heavy (non-hydrogen) atoms. The van der Waals surface area contributed by atoms with Crippen molar-refractivity contribution in [3.8, 4) is 11.5 Å². The van der Waals surface area contributed by atoms with Crippen LogP contribution in [0, 0.1) is 0 Å². The van der Waals surface area contributed by atoms with Crippen LogP contribution in [-0.2, 0) is 6.54 Å². The summed E-state index contributed by atoms with van der Waals surface area (Å²) < 4.78 is 16.5. The van der Waals surface area contributed by atoms with E-state index < -0.39 is 0 Å². The first-order valence-corrected chi connectivity index (χ1v) is 9.77. The van der Waals surface area contributed by atoms with Crippen molar-refractivity contribution in [2.75, 3.05) is 27.3 Å². The second-order valence-electron chi connectivity index (χ2n) is 7.15. The number of benzene rings is 2. The minimum absolute atomic E-state index is 0.0828. The van der Waals surface area contributed by atoms with E-state index in [-0.39, 0.29) is 11.9 Å². The number of carbonyl (C=O) groups is 1. The molecule has 1 saturated heterocycles. The molecule has 0 radical (unpaired) electrons. The Hall–Kier alpha value is -3.22. The lowest BCUT2D eigenvalue weighted by molar-refractivity contribution is 0.174. The number of hydrogen-bond donors (Lipinski definition) is 1. The first kappa shape index (κ1) is 19.1. The number of para-hydroxylation sites is 2. The van der Waals surface area contributed by atoms with Crippen LogP contribution in [0.1, 0.15) is 30.2 Å². The van der Waals surface area contributed by atoms with Crippen molar-refractivity contribution in [1.29, 1.82) is 0 Å². The van der Waals surface area contributed by atoms with Crippen molar-refractivity contribution in [2.24, 2.45) is 0 Å². The summed E-state index contributed by atoms with van der Waals surface area (Å²) in [4.78, 5) is 19.2. The monoisotopic (exact) mass is 395 g/mol. The van der Waals surface area contributed by atoms with Crippen LogP contribution < -0.4 is 14.8 Å². The molecule has 4 rings (SSSR count). The Balaban J connectivity index is 1.38. The lowest BCUT2D eigenvalue weighted by Crippen LogP contribution is -2.44. The maximum Gasteiger partial charge on any atom is 0.317 e. The van der Waals surface area contributed by atoms with Crippen LogP contribution in [0.15, 0.2) is 46.9 Å². The van der Waals surface area contributed by atoms with Gasteiger partial charge in [-0.2, -0.15) is 0 Å². The number of urea groups is 1. The highest BCUT2D eigenvalue weighted by molar-refractivity contribution is 5.74. The van der Waals surface area contributed by atoms with Crippen LogP contribution >= 0.6 is 0 Å². The number of oxazole rings is 1. The molecule has 2 heterocycles. The minimum atomic E-state index is -0.0828. The second-order valence-corrected chi connectivity index (χ2v) is 7.15. The number of nitrogens with one attached hydrogen (secondary N) is 1. The molecule has 1 aliphatic heterocycles. The summed E-state index contributed by atoms with van der Waals surface area (Å²) in [5, 5.41) is 3.00. The summed E-state index contributed by atoms with van der Waals surface area (Å²) >= 11 is 0. The largest absolute Gasteiger partial charge is 0.493 e. The predicted octanol–water partition coefficient (Wildman–Crippen LogP) is 3.93. The number of rotatable bonds is 5. The Morgan fingerprint density at radius 1 is 1.21 bits per heavy atom. The third kappa shape index (κ3) is 4.13. The van der Waals surface area contributed by atoms with Gasteiger partial charge in [-0.3, -0.25) is 0 Å².